The maximum absolute atomic E-state index is 8.60. The summed E-state index contributed by atoms with van der Waals surface area (Å²) in [4.78, 5) is 53.7. The number of nitrogens with one attached hydrogen (secondary N) is 1. The molecule has 0 atom stereocenters. The third-order valence-corrected chi connectivity index (χ3v) is 18.0. The SMILES string of the molecule is CCc1cc(Br)ncc1N.[C-]#[N+]c1ccc(-c2cc(CC)c(N(C)c3cc4c(cn3)ncn4C)cn2)s1.[C-]#[N+]c1ccc(-c2cc(CC)c(N)cn2)s1.[C-]#[N+]c1ccc(-c2cc(CC)c(Nc3cc4c(cn3)ncn4C)cn2)s1.[C-]#[N+]c1ccc(B(O)O)s1. The third kappa shape index (κ3) is 16.5. The van der Waals surface area contributed by atoms with Gasteiger partial charge in [0, 0.05) is 52.7 Å². The van der Waals surface area contributed by atoms with Crippen LogP contribution in [0.25, 0.3) is 73.2 Å². The number of nitrogens with two attached hydrogens (primary N) is 2. The van der Waals surface area contributed by atoms with Crippen molar-refractivity contribution in [2.45, 2.75) is 53.4 Å². The van der Waals surface area contributed by atoms with Crippen LogP contribution in [0.5, 0.6) is 0 Å². The van der Waals surface area contributed by atoms with Crippen molar-refractivity contribution in [3.8, 4) is 31.7 Å². The highest BCUT2D eigenvalue weighted by Crippen LogP contribution is 2.37. The number of imidazole rings is 2. The van der Waals surface area contributed by atoms with Crippen LogP contribution < -0.4 is 26.5 Å². The van der Waals surface area contributed by atoms with Crippen LogP contribution in [-0.2, 0) is 39.8 Å². The van der Waals surface area contributed by atoms with E-state index in [2.05, 4.69) is 125 Å². The van der Waals surface area contributed by atoms with Gasteiger partial charge in [0.1, 0.15) is 27.3 Å². The van der Waals surface area contributed by atoms with Crippen molar-refractivity contribution in [1.82, 2.24) is 49.0 Å². The molecule has 0 unspecified atom stereocenters. The van der Waals surface area contributed by atoms with E-state index in [0.29, 0.717) is 24.8 Å². The number of nitrogen functional groups attached to an aromatic ring is 2. The molecular formula is C63H58BBrN18O2S4. The standard InChI is InChI=1S/C20H18N6S.C19H16N6S.C12H11N3S.C7H9BrN2.C5H4BNO2S/c1-5-13-8-14(18-6-7-20(21-2)27-18)22-11-17(13)26(4)19-9-16-15(10-23-19)24-12-25(16)3;1-4-12-7-13(17-5-6-19(20-2)26-17)21-9-14(12)24-18-8-16-15(10-22-18)23-11-25(16)3;1-3-8-6-10(15-7-9(8)13)11-4-5-12(14-2)16-11;1-2-5-3-7(8)10-4-6(5)9;1-7-5-3-2-4(10-5)6(8)9/h6-12H,5H2,1,3-4H3;5-11H,4H2,1,3H3,(H,22,24);4-7H,3,13H2,1H3;3-4H,2,9H2,1H3;2-3,8-9H. The number of aryl methyl sites for hydroxylation is 6. The van der Waals surface area contributed by atoms with Crippen LogP contribution in [0.1, 0.15) is 49.9 Å². The van der Waals surface area contributed by atoms with Crippen molar-refractivity contribution in [1.29, 1.82) is 0 Å². The fourth-order valence-corrected chi connectivity index (χ4v) is 12.0. The Morgan fingerprint density at radius 2 is 0.978 bits per heavy atom. The van der Waals surface area contributed by atoms with Gasteiger partial charge in [-0.2, -0.15) is 45.3 Å². The Kier molecular flexibility index (Phi) is 22.5. The molecule has 0 saturated heterocycles. The maximum atomic E-state index is 8.60. The van der Waals surface area contributed by atoms with Gasteiger partial charge in [0.15, 0.2) is 0 Å². The fraction of sp³-hybridized carbons (Fsp3) is 0.175. The normalized spacial score (nSPS) is 10.4. The van der Waals surface area contributed by atoms with Crippen molar-refractivity contribution in [3.05, 3.63) is 207 Å². The quantitative estimate of drug-likeness (QED) is 0.0435. The van der Waals surface area contributed by atoms with E-state index >= 15 is 0 Å². The van der Waals surface area contributed by atoms with E-state index in [1.54, 1.807) is 43.5 Å². The Morgan fingerprint density at radius 3 is 1.46 bits per heavy atom. The first-order chi connectivity index (χ1) is 43.0. The number of fused-ring (bicyclic) bond motifs is 2. The minimum absolute atomic E-state index is 0.408. The Hall–Kier alpha value is -9.74. The largest absolute Gasteiger partial charge is 0.497 e. The van der Waals surface area contributed by atoms with Crippen LogP contribution >= 0.6 is 61.3 Å². The Labute approximate surface area is 540 Å². The highest BCUT2D eigenvalue weighted by molar-refractivity contribution is 9.10. The number of halogens is 1. The van der Waals surface area contributed by atoms with Gasteiger partial charge < -0.3 is 40.9 Å². The molecular weight excluding hydrogens is 1260 g/mol. The van der Waals surface area contributed by atoms with Crippen LogP contribution in [0.4, 0.5) is 54.4 Å². The number of hydrogen-bond acceptors (Lipinski definition) is 18. The summed E-state index contributed by atoms with van der Waals surface area (Å²) in [7, 11) is 4.50. The van der Waals surface area contributed by atoms with Gasteiger partial charge in [-0.3, -0.25) is 15.0 Å². The van der Waals surface area contributed by atoms with E-state index in [4.69, 9.17) is 47.8 Å². The lowest BCUT2D eigenvalue weighted by atomic mass is 9.90. The first-order valence-corrected chi connectivity index (χ1v) is 31.5. The summed E-state index contributed by atoms with van der Waals surface area (Å²) in [6, 6.07) is 26.6. The van der Waals surface area contributed by atoms with Gasteiger partial charge in [-0.05, 0) is 112 Å². The highest BCUT2D eigenvalue weighted by atomic mass is 79.9. The molecule has 0 bridgehead atoms. The molecule has 0 aliphatic carbocycles. The van der Waals surface area contributed by atoms with E-state index < -0.39 is 7.12 Å². The minimum Gasteiger partial charge on any atom is -0.423 e. The predicted molar refractivity (Wildman–Crippen MR) is 368 cm³/mol. The van der Waals surface area contributed by atoms with E-state index in [0.717, 1.165) is 146 Å². The monoisotopic (exact) mass is 1320 g/mol. The second-order valence-electron chi connectivity index (χ2n) is 19.2. The van der Waals surface area contributed by atoms with Gasteiger partial charge in [-0.15, -0.1) is 0 Å². The lowest BCUT2D eigenvalue weighted by Gasteiger charge is -2.21. The zero-order valence-electron chi connectivity index (χ0n) is 49.4. The molecule has 12 heterocycles. The molecule has 12 aromatic heterocycles. The van der Waals surface area contributed by atoms with E-state index in [9.17, 15) is 0 Å². The van der Waals surface area contributed by atoms with Crippen molar-refractivity contribution in [3.63, 3.8) is 0 Å². The van der Waals surface area contributed by atoms with Crippen LogP contribution in [-0.4, -0.2) is 73.2 Å². The average Bonchev–Trinajstić information content (AvgIpc) is 3.51. The molecule has 12 rings (SSSR count). The molecule has 89 heavy (non-hydrogen) atoms. The molecule has 446 valence electrons. The second kappa shape index (κ2) is 30.8. The number of nitrogens with zero attached hydrogens (tertiary/aromatic N) is 15. The summed E-state index contributed by atoms with van der Waals surface area (Å²) in [5.41, 5.74) is 26.0. The highest BCUT2D eigenvalue weighted by Gasteiger charge is 2.17. The van der Waals surface area contributed by atoms with Gasteiger partial charge >= 0.3 is 7.12 Å². The number of rotatable bonds is 12. The summed E-state index contributed by atoms with van der Waals surface area (Å²) in [5.74, 6) is 1.61. The molecule has 12 aromatic rings. The van der Waals surface area contributed by atoms with E-state index in [1.807, 2.05) is 103 Å². The van der Waals surface area contributed by atoms with Crippen LogP contribution in [0, 0.1) is 26.3 Å². The van der Waals surface area contributed by atoms with Gasteiger partial charge in [0.2, 0.25) is 20.0 Å². The zero-order chi connectivity index (χ0) is 63.7. The summed E-state index contributed by atoms with van der Waals surface area (Å²) in [6.07, 6.45) is 17.8. The van der Waals surface area contributed by atoms with Gasteiger partial charge in [0.25, 0.3) is 0 Å². The summed E-state index contributed by atoms with van der Waals surface area (Å²) >= 11 is 8.74. The first kappa shape index (κ1) is 65.2. The summed E-state index contributed by atoms with van der Waals surface area (Å²) in [5, 5.41) is 23.1. The molecule has 7 N–H and O–H groups in total. The number of hydrogen-bond donors (Lipinski definition) is 5. The molecule has 0 fully saturated rings. The topological polar surface area (TPSA) is 238 Å². The second-order valence-corrected chi connectivity index (χ2v) is 24.3. The Bertz CT molecular complexity index is 4600. The summed E-state index contributed by atoms with van der Waals surface area (Å²) < 4.78 is 5.21. The summed E-state index contributed by atoms with van der Waals surface area (Å²) in [6.45, 7) is 36.1. The van der Waals surface area contributed by atoms with Crippen molar-refractivity contribution in [2.75, 3.05) is 28.7 Å². The van der Waals surface area contributed by atoms with E-state index in [-0.39, 0.29) is 0 Å². The van der Waals surface area contributed by atoms with Crippen molar-refractivity contribution >= 4 is 150 Å². The predicted octanol–water partition coefficient (Wildman–Crippen LogP) is 15.4. The van der Waals surface area contributed by atoms with Crippen molar-refractivity contribution in [2.24, 2.45) is 14.1 Å². The number of anilines is 6. The molecule has 0 aliphatic heterocycles. The van der Waals surface area contributed by atoms with Crippen LogP contribution in [0.3, 0.4) is 0 Å². The van der Waals surface area contributed by atoms with Crippen LogP contribution in [0.2, 0.25) is 0 Å². The Morgan fingerprint density at radius 1 is 0.528 bits per heavy atom. The molecule has 26 heteroatoms. The molecule has 0 spiro atoms. The number of pyridine rings is 6. The van der Waals surface area contributed by atoms with Crippen molar-refractivity contribution < 1.29 is 10.0 Å². The van der Waals surface area contributed by atoms with Gasteiger partial charge in [0.05, 0.1) is 127 Å². The first-order valence-electron chi connectivity index (χ1n) is 27.4. The average molecular weight is 1320 g/mol. The fourth-order valence-electron chi connectivity index (χ4n) is 8.66. The molecule has 0 radical (unpaired) electrons. The maximum Gasteiger partial charge on any atom is 0.497 e. The molecule has 20 nitrogen and oxygen atoms in total. The lowest BCUT2D eigenvalue weighted by Crippen LogP contribution is -2.26. The number of aromatic nitrogens is 10. The smallest absolute Gasteiger partial charge is 0.423 e. The Balaban J connectivity index is 0.000000153. The van der Waals surface area contributed by atoms with Crippen LogP contribution in [0.15, 0.2) is 139 Å². The molecule has 0 aliphatic rings. The van der Waals surface area contributed by atoms with Gasteiger partial charge in [-0.25, -0.2) is 44.3 Å². The minimum atomic E-state index is -1.44. The van der Waals surface area contributed by atoms with E-state index in [1.165, 1.54) is 45.6 Å². The zero-order valence-corrected chi connectivity index (χ0v) is 54.2. The molecule has 0 aromatic carbocycles. The third-order valence-electron chi connectivity index (χ3n) is 13.5. The van der Waals surface area contributed by atoms with Gasteiger partial charge in [-0.1, -0.05) is 52.0 Å². The molecule has 0 amide bonds. The lowest BCUT2D eigenvalue weighted by molar-refractivity contribution is 0.427. The number of thiophene rings is 4. The molecule has 0 saturated carbocycles.